The van der Waals surface area contributed by atoms with Gasteiger partial charge >= 0.3 is 0 Å². The number of hydrogen-bond donors (Lipinski definition) is 1. The summed E-state index contributed by atoms with van der Waals surface area (Å²) < 4.78 is 0. The van der Waals surface area contributed by atoms with Crippen molar-refractivity contribution >= 4 is 11.6 Å². The topological polar surface area (TPSA) is 40.5 Å². The fraction of sp³-hybridized carbons (Fsp3) is 0.462. The highest BCUT2D eigenvalue weighted by molar-refractivity contribution is 5.97. The zero-order valence-corrected chi connectivity index (χ0v) is 9.31. The maximum Gasteiger partial charge on any atom is 0.227 e. The highest BCUT2D eigenvalue weighted by Gasteiger charge is 2.47. The van der Waals surface area contributed by atoms with Crippen LogP contribution in [0, 0.1) is 0 Å². The first-order chi connectivity index (χ1) is 7.59. The molecule has 1 aromatic rings. The zero-order chi connectivity index (χ0) is 11.3. The minimum atomic E-state index is -0.757. The molecule has 3 heteroatoms. The molecule has 1 saturated heterocycles. The first kappa shape index (κ1) is 9.85. The normalized spacial score (nSPS) is 32.5. The first-order valence-corrected chi connectivity index (χ1v) is 5.72. The van der Waals surface area contributed by atoms with Gasteiger partial charge < -0.3 is 10.0 Å². The van der Waals surface area contributed by atoms with E-state index in [1.54, 1.807) is 4.90 Å². The van der Waals surface area contributed by atoms with Crippen LogP contribution in [0.5, 0.6) is 0 Å². The number of rotatable bonds is 0. The zero-order valence-electron chi connectivity index (χ0n) is 9.31. The molecule has 2 heterocycles. The van der Waals surface area contributed by atoms with Crippen molar-refractivity contribution in [3.05, 3.63) is 29.8 Å². The number of nitrogens with zero attached hydrogens (tertiary/aromatic N) is 1. The van der Waals surface area contributed by atoms with E-state index < -0.39 is 5.60 Å². The number of para-hydroxylation sites is 1. The van der Waals surface area contributed by atoms with Crippen LogP contribution < -0.4 is 4.90 Å². The summed E-state index contributed by atoms with van der Waals surface area (Å²) in [6, 6.07) is 7.85. The standard InChI is InChI=1S/C13H15NO2/c1-13(16)7-6-12(15)14-10-5-3-2-4-9(10)8-11(13)14/h2-5,11,16H,6-8H2,1H3/t11-,13+/m1/s1. The van der Waals surface area contributed by atoms with Crippen molar-refractivity contribution in [2.75, 3.05) is 4.90 Å². The van der Waals surface area contributed by atoms with Gasteiger partial charge in [-0.3, -0.25) is 4.79 Å². The molecule has 0 aromatic heterocycles. The predicted octanol–water partition coefficient (Wildman–Crippen LogP) is 1.49. The van der Waals surface area contributed by atoms with Gasteiger partial charge in [-0.25, -0.2) is 0 Å². The Balaban J connectivity index is 2.09. The molecule has 0 saturated carbocycles. The average Bonchev–Trinajstić information content (AvgIpc) is 2.65. The van der Waals surface area contributed by atoms with Crippen molar-refractivity contribution in [3.8, 4) is 0 Å². The SMILES string of the molecule is C[C@]1(O)CCC(=O)N2c3ccccc3C[C@@H]21. The van der Waals surface area contributed by atoms with E-state index in [2.05, 4.69) is 0 Å². The molecule has 1 aromatic carbocycles. The molecule has 0 radical (unpaired) electrons. The van der Waals surface area contributed by atoms with Gasteiger partial charge in [-0.2, -0.15) is 0 Å². The van der Waals surface area contributed by atoms with Crippen molar-refractivity contribution in [3.63, 3.8) is 0 Å². The highest BCUT2D eigenvalue weighted by atomic mass is 16.3. The van der Waals surface area contributed by atoms with Crippen molar-refractivity contribution < 1.29 is 9.90 Å². The van der Waals surface area contributed by atoms with Gasteiger partial charge in [-0.1, -0.05) is 18.2 Å². The van der Waals surface area contributed by atoms with E-state index in [1.165, 1.54) is 5.56 Å². The number of aliphatic hydroxyl groups is 1. The van der Waals surface area contributed by atoms with Gasteiger partial charge in [0.2, 0.25) is 5.91 Å². The Kier molecular flexibility index (Phi) is 1.89. The Bertz CT molecular complexity index is 453. The lowest BCUT2D eigenvalue weighted by Crippen LogP contribution is -2.56. The van der Waals surface area contributed by atoms with Gasteiger partial charge in [0.25, 0.3) is 0 Å². The Hall–Kier alpha value is -1.35. The molecule has 1 amide bonds. The molecule has 2 aliphatic heterocycles. The lowest BCUT2D eigenvalue weighted by Gasteiger charge is -2.41. The number of amides is 1. The third-order valence-corrected chi connectivity index (χ3v) is 3.81. The van der Waals surface area contributed by atoms with Crippen LogP contribution in [0.1, 0.15) is 25.3 Å². The average molecular weight is 217 g/mol. The predicted molar refractivity (Wildman–Crippen MR) is 61.3 cm³/mol. The van der Waals surface area contributed by atoms with E-state index in [9.17, 15) is 9.90 Å². The van der Waals surface area contributed by atoms with Crippen LogP contribution in [0.4, 0.5) is 5.69 Å². The minimum Gasteiger partial charge on any atom is -0.388 e. The van der Waals surface area contributed by atoms with Gasteiger partial charge in [0.05, 0.1) is 11.6 Å². The van der Waals surface area contributed by atoms with Gasteiger partial charge in [-0.15, -0.1) is 0 Å². The second kappa shape index (κ2) is 3.08. The van der Waals surface area contributed by atoms with E-state index >= 15 is 0 Å². The van der Waals surface area contributed by atoms with E-state index in [1.807, 2.05) is 31.2 Å². The Morgan fingerprint density at radius 3 is 3.00 bits per heavy atom. The van der Waals surface area contributed by atoms with Crippen molar-refractivity contribution in [2.45, 2.75) is 37.8 Å². The number of hydrogen-bond acceptors (Lipinski definition) is 2. The molecule has 0 bridgehead atoms. The summed E-state index contributed by atoms with van der Waals surface area (Å²) in [5.41, 5.74) is 1.40. The molecule has 0 aliphatic carbocycles. The lowest BCUT2D eigenvalue weighted by atomic mass is 9.85. The summed E-state index contributed by atoms with van der Waals surface area (Å²) in [7, 11) is 0. The van der Waals surface area contributed by atoms with E-state index in [-0.39, 0.29) is 11.9 Å². The number of benzene rings is 1. The molecule has 3 nitrogen and oxygen atoms in total. The molecule has 0 spiro atoms. The number of fused-ring (bicyclic) bond motifs is 3. The third-order valence-electron chi connectivity index (χ3n) is 3.81. The molecule has 2 aliphatic rings. The summed E-state index contributed by atoms with van der Waals surface area (Å²) in [6.45, 7) is 1.84. The summed E-state index contributed by atoms with van der Waals surface area (Å²) >= 11 is 0. The van der Waals surface area contributed by atoms with Crippen LogP contribution in [-0.2, 0) is 11.2 Å². The fourth-order valence-corrected chi connectivity index (χ4v) is 2.84. The second-order valence-corrected chi connectivity index (χ2v) is 4.97. The molecule has 0 unspecified atom stereocenters. The molecule has 1 fully saturated rings. The number of carbonyl (C=O) groups excluding carboxylic acids is 1. The van der Waals surface area contributed by atoms with Crippen LogP contribution in [-0.4, -0.2) is 22.7 Å². The van der Waals surface area contributed by atoms with Gasteiger partial charge in [-0.05, 0) is 31.4 Å². The summed E-state index contributed by atoms with van der Waals surface area (Å²) in [5.74, 6) is 0.140. The van der Waals surface area contributed by atoms with Crippen molar-refractivity contribution in [1.29, 1.82) is 0 Å². The van der Waals surface area contributed by atoms with Gasteiger partial charge in [0.1, 0.15) is 0 Å². The van der Waals surface area contributed by atoms with E-state index in [0.29, 0.717) is 12.8 Å². The Labute approximate surface area is 94.7 Å². The largest absolute Gasteiger partial charge is 0.388 e. The fourth-order valence-electron chi connectivity index (χ4n) is 2.84. The van der Waals surface area contributed by atoms with Crippen LogP contribution in [0.25, 0.3) is 0 Å². The van der Waals surface area contributed by atoms with Crippen molar-refractivity contribution in [2.24, 2.45) is 0 Å². The molecule has 84 valence electrons. The molecule has 2 atom stereocenters. The Morgan fingerprint density at radius 2 is 2.19 bits per heavy atom. The highest BCUT2D eigenvalue weighted by Crippen LogP contribution is 2.41. The van der Waals surface area contributed by atoms with E-state index in [4.69, 9.17) is 0 Å². The van der Waals surface area contributed by atoms with E-state index in [0.717, 1.165) is 12.1 Å². The minimum absolute atomic E-state index is 0.0776. The molecular weight excluding hydrogens is 202 g/mol. The number of anilines is 1. The van der Waals surface area contributed by atoms with Crippen molar-refractivity contribution in [1.82, 2.24) is 0 Å². The number of piperidine rings is 1. The summed E-state index contributed by atoms with van der Waals surface area (Å²) in [4.78, 5) is 13.7. The first-order valence-electron chi connectivity index (χ1n) is 5.72. The summed E-state index contributed by atoms with van der Waals surface area (Å²) in [6.07, 6.45) is 1.79. The van der Waals surface area contributed by atoms with Gasteiger partial charge in [0, 0.05) is 12.1 Å². The molecule has 3 rings (SSSR count). The Morgan fingerprint density at radius 1 is 1.44 bits per heavy atom. The third kappa shape index (κ3) is 1.21. The smallest absolute Gasteiger partial charge is 0.227 e. The maximum absolute atomic E-state index is 11.9. The lowest BCUT2D eigenvalue weighted by molar-refractivity contribution is -0.125. The molecule has 16 heavy (non-hydrogen) atoms. The maximum atomic E-state index is 11.9. The monoisotopic (exact) mass is 217 g/mol. The molecular formula is C13H15NO2. The van der Waals surface area contributed by atoms with Gasteiger partial charge in [0.15, 0.2) is 0 Å². The quantitative estimate of drug-likeness (QED) is 0.715. The van der Waals surface area contributed by atoms with Crippen LogP contribution >= 0.6 is 0 Å². The number of carbonyl (C=O) groups is 1. The van der Waals surface area contributed by atoms with Crippen LogP contribution in [0.2, 0.25) is 0 Å². The molecule has 1 N–H and O–H groups in total. The van der Waals surface area contributed by atoms with Crippen LogP contribution in [0.15, 0.2) is 24.3 Å². The second-order valence-electron chi connectivity index (χ2n) is 4.97. The summed E-state index contributed by atoms with van der Waals surface area (Å²) in [5, 5.41) is 10.3. The van der Waals surface area contributed by atoms with Crippen LogP contribution in [0.3, 0.4) is 0 Å².